The van der Waals surface area contributed by atoms with Gasteiger partial charge < -0.3 is 14.5 Å². The van der Waals surface area contributed by atoms with Crippen LogP contribution in [-0.2, 0) is 17.9 Å². The molecular weight excluding hydrogens is 226 g/mol. The number of ether oxygens (including phenoxy) is 1. The van der Waals surface area contributed by atoms with Gasteiger partial charge in [0, 0.05) is 6.61 Å². The summed E-state index contributed by atoms with van der Waals surface area (Å²) < 4.78 is 11.2. The molecule has 104 valence electrons. The second kappa shape index (κ2) is 10.2. The average molecular weight is 253 g/mol. The van der Waals surface area contributed by atoms with Crippen LogP contribution >= 0.6 is 0 Å². The van der Waals surface area contributed by atoms with E-state index in [9.17, 15) is 0 Å². The first-order valence-corrected chi connectivity index (χ1v) is 7.22. The van der Waals surface area contributed by atoms with Crippen molar-refractivity contribution in [1.82, 2.24) is 5.32 Å². The molecule has 0 atom stereocenters. The van der Waals surface area contributed by atoms with Crippen molar-refractivity contribution in [3.8, 4) is 0 Å². The summed E-state index contributed by atoms with van der Waals surface area (Å²) in [6.45, 7) is 7.52. The zero-order valence-electron chi connectivity index (χ0n) is 11.8. The highest BCUT2D eigenvalue weighted by atomic mass is 16.5. The minimum atomic E-state index is 0.597. The second-order valence-electron chi connectivity index (χ2n) is 4.62. The van der Waals surface area contributed by atoms with E-state index in [-0.39, 0.29) is 0 Å². The summed E-state index contributed by atoms with van der Waals surface area (Å²) in [4.78, 5) is 0. The van der Waals surface area contributed by atoms with Crippen LogP contribution < -0.4 is 5.32 Å². The van der Waals surface area contributed by atoms with E-state index in [1.807, 2.05) is 12.1 Å². The lowest BCUT2D eigenvalue weighted by molar-refractivity contribution is 0.101. The van der Waals surface area contributed by atoms with Crippen LogP contribution in [0.2, 0.25) is 0 Å². The van der Waals surface area contributed by atoms with E-state index in [2.05, 4.69) is 19.2 Å². The highest BCUT2D eigenvalue weighted by molar-refractivity contribution is 5.06. The summed E-state index contributed by atoms with van der Waals surface area (Å²) in [6, 6.07) is 4.02. The maximum atomic E-state index is 5.64. The standard InChI is InChI=1S/C15H27NO2/c1-3-5-6-7-8-11-17-13-15-10-9-14(18-15)12-16-4-2/h9-10,16H,3-8,11-13H2,1-2H3. The quantitative estimate of drug-likeness (QED) is 0.608. The number of nitrogens with one attached hydrogen (secondary N) is 1. The third kappa shape index (κ3) is 6.82. The number of rotatable bonds is 11. The van der Waals surface area contributed by atoms with E-state index in [0.717, 1.165) is 37.6 Å². The molecule has 1 N–H and O–H groups in total. The Morgan fingerprint density at radius 3 is 2.61 bits per heavy atom. The van der Waals surface area contributed by atoms with E-state index < -0.39 is 0 Å². The van der Waals surface area contributed by atoms with Gasteiger partial charge in [0.25, 0.3) is 0 Å². The topological polar surface area (TPSA) is 34.4 Å². The molecule has 0 aliphatic carbocycles. The Bertz CT molecular complexity index is 296. The van der Waals surface area contributed by atoms with Gasteiger partial charge in [0.15, 0.2) is 0 Å². The molecule has 18 heavy (non-hydrogen) atoms. The Hall–Kier alpha value is -0.800. The smallest absolute Gasteiger partial charge is 0.129 e. The Morgan fingerprint density at radius 1 is 1.06 bits per heavy atom. The fraction of sp³-hybridized carbons (Fsp3) is 0.733. The van der Waals surface area contributed by atoms with Gasteiger partial charge >= 0.3 is 0 Å². The van der Waals surface area contributed by atoms with E-state index in [0.29, 0.717) is 6.61 Å². The SMILES string of the molecule is CCCCCCCOCc1ccc(CNCC)o1. The van der Waals surface area contributed by atoms with Crippen molar-refractivity contribution in [1.29, 1.82) is 0 Å². The summed E-state index contributed by atoms with van der Waals surface area (Å²) in [5.74, 6) is 1.91. The van der Waals surface area contributed by atoms with Crippen LogP contribution in [0.15, 0.2) is 16.5 Å². The molecule has 0 fully saturated rings. The number of hydrogen-bond acceptors (Lipinski definition) is 3. The lowest BCUT2D eigenvalue weighted by atomic mass is 10.2. The third-order valence-electron chi connectivity index (χ3n) is 2.90. The highest BCUT2D eigenvalue weighted by Gasteiger charge is 2.01. The number of furan rings is 1. The number of hydrogen-bond donors (Lipinski definition) is 1. The molecule has 1 rings (SSSR count). The van der Waals surface area contributed by atoms with Crippen molar-refractivity contribution in [2.24, 2.45) is 0 Å². The molecule has 0 saturated heterocycles. The molecular formula is C15H27NO2. The van der Waals surface area contributed by atoms with E-state index in [1.54, 1.807) is 0 Å². The molecule has 1 aromatic rings. The Kier molecular flexibility index (Phi) is 8.61. The molecule has 0 radical (unpaired) electrons. The first kappa shape index (κ1) is 15.3. The zero-order chi connectivity index (χ0) is 13.1. The molecule has 0 aliphatic rings. The molecule has 0 spiro atoms. The van der Waals surface area contributed by atoms with Crippen molar-refractivity contribution in [2.75, 3.05) is 13.2 Å². The van der Waals surface area contributed by atoms with Crippen LogP contribution in [0.5, 0.6) is 0 Å². The Balaban J connectivity index is 2.03. The van der Waals surface area contributed by atoms with E-state index in [4.69, 9.17) is 9.15 Å². The molecule has 0 saturated carbocycles. The summed E-state index contributed by atoms with van der Waals surface area (Å²) >= 11 is 0. The molecule has 1 heterocycles. The maximum Gasteiger partial charge on any atom is 0.129 e. The van der Waals surface area contributed by atoms with Crippen molar-refractivity contribution in [2.45, 2.75) is 59.1 Å². The monoisotopic (exact) mass is 253 g/mol. The molecule has 0 unspecified atom stereocenters. The molecule has 3 heteroatoms. The Labute approximate surface area is 111 Å². The normalized spacial score (nSPS) is 11.0. The molecule has 0 bridgehead atoms. The lowest BCUT2D eigenvalue weighted by Gasteiger charge is -2.02. The summed E-state index contributed by atoms with van der Waals surface area (Å²) in [5, 5.41) is 3.24. The van der Waals surface area contributed by atoms with Crippen LogP contribution in [0.1, 0.15) is 57.5 Å². The summed E-state index contributed by atoms with van der Waals surface area (Å²) in [5.41, 5.74) is 0. The first-order valence-electron chi connectivity index (χ1n) is 7.22. The fourth-order valence-electron chi connectivity index (χ4n) is 1.82. The van der Waals surface area contributed by atoms with Gasteiger partial charge in [0.2, 0.25) is 0 Å². The predicted octanol–water partition coefficient (Wildman–Crippen LogP) is 3.88. The minimum absolute atomic E-state index is 0.597. The van der Waals surface area contributed by atoms with Crippen molar-refractivity contribution in [3.05, 3.63) is 23.7 Å². The maximum absolute atomic E-state index is 5.64. The molecule has 1 aromatic heterocycles. The summed E-state index contributed by atoms with van der Waals surface area (Å²) in [7, 11) is 0. The molecule has 3 nitrogen and oxygen atoms in total. The minimum Gasteiger partial charge on any atom is -0.462 e. The van der Waals surface area contributed by atoms with Gasteiger partial charge in [-0.2, -0.15) is 0 Å². The fourth-order valence-corrected chi connectivity index (χ4v) is 1.82. The lowest BCUT2D eigenvalue weighted by Crippen LogP contribution is -2.10. The van der Waals surface area contributed by atoms with Crippen LogP contribution in [0.4, 0.5) is 0 Å². The number of unbranched alkanes of at least 4 members (excludes halogenated alkanes) is 4. The van der Waals surface area contributed by atoms with Crippen molar-refractivity contribution >= 4 is 0 Å². The third-order valence-corrected chi connectivity index (χ3v) is 2.90. The van der Waals surface area contributed by atoms with Crippen LogP contribution in [-0.4, -0.2) is 13.2 Å². The van der Waals surface area contributed by atoms with Crippen LogP contribution in [0.25, 0.3) is 0 Å². The first-order chi connectivity index (χ1) is 8.86. The summed E-state index contributed by atoms with van der Waals surface area (Å²) in [6.07, 6.45) is 6.39. The Morgan fingerprint density at radius 2 is 1.83 bits per heavy atom. The van der Waals surface area contributed by atoms with Crippen molar-refractivity contribution < 1.29 is 9.15 Å². The molecule has 0 aromatic carbocycles. The van der Waals surface area contributed by atoms with Crippen molar-refractivity contribution in [3.63, 3.8) is 0 Å². The van der Waals surface area contributed by atoms with Gasteiger partial charge in [0.1, 0.15) is 18.1 Å². The second-order valence-corrected chi connectivity index (χ2v) is 4.62. The highest BCUT2D eigenvalue weighted by Crippen LogP contribution is 2.09. The van der Waals surface area contributed by atoms with Crippen LogP contribution in [0, 0.1) is 0 Å². The van der Waals surface area contributed by atoms with E-state index in [1.165, 1.54) is 25.7 Å². The van der Waals surface area contributed by atoms with Gasteiger partial charge in [-0.1, -0.05) is 39.5 Å². The van der Waals surface area contributed by atoms with Gasteiger partial charge in [0.05, 0.1) is 6.54 Å². The molecule has 0 aliphatic heterocycles. The zero-order valence-corrected chi connectivity index (χ0v) is 11.8. The van der Waals surface area contributed by atoms with Gasteiger partial charge in [-0.3, -0.25) is 0 Å². The van der Waals surface area contributed by atoms with E-state index >= 15 is 0 Å². The molecule has 0 amide bonds. The van der Waals surface area contributed by atoms with Crippen LogP contribution in [0.3, 0.4) is 0 Å². The van der Waals surface area contributed by atoms with Gasteiger partial charge in [-0.05, 0) is 25.1 Å². The largest absolute Gasteiger partial charge is 0.462 e. The van der Waals surface area contributed by atoms with Gasteiger partial charge in [-0.15, -0.1) is 0 Å². The van der Waals surface area contributed by atoms with Gasteiger partial charge in [-0.25, -0.2) is 0 Å². The predicted molar refractivity (Wildman–Crippen MR) is 74.5 cm³/mol. The average Bonchev–Trinajstić information content (AvgIpc) is 2.83.